The van der Waals surface area contributed by atoms with E-state index < -0.39 is 6.04 Å². The van der Waals surface area contributed by atoms with E-state index >= 15 is 0 Å². The first-order valence-electron chi connectivity index (χ1n) is 13.0. The van der Waals surface area contributed by atoms with Crippen molar-refractivity contribution in [2.75, 3.05) is 4.90 Å². The normalized spacial score (nSPS) is 14.9. The predicted octanol–water partition coefficient (Wildman–Crippen LogP) is 4.80. The van der Waals surface area contributed by atoms with Gasteiger partial charge < -0.3 is 9.73 Å². The number of rotatable bonds is 7. The van der Waals surface area contributed by atoms with Gasteiger partial charge in [0.05, 0.1) is 29.2 Å². The van der Waals surface area contributed by atoms with Crippen LogP contribution in [-0.2, 0) is 16.1 Å². The second kappa shape index (κ2) is 10.5. The number of aromatic nitrogens is 4. The maximum Gasteiger partial charge on any atom is 0.251 e. The Kier molecular flexibility index (Phi) is 6.56. The lowest BCUT2D eigenvalue weighted by molar-refractivity contribution is -0.128. The van der Waals surface area contributed by atoms with Crippen LogP contribution in [0.1, 0.15) is 43.9 Å². The van der Waals surface area contributed by atoms with Crippen LogP contribution in [-0.4, -0.2) is 37.8 Å². The molecule has 0 spiro atoms. The van der Waals surface area contributed by atoms with E-state index in [9.17, 15) is 9.59 Å². The minimum absolute atomic E-state index is 0.0691. The van der Waals surface area contributed by atoms with Crippen molar-refractivity contribution in [2.45, 2.75) is 50.7 Å². The second-order valence-electron chi connectivity index (χ2n) is 9.65. The Morgan fingerprint density at radius 3 is 2.61 bits per heavy atom. The lowest BCUT2D eigenvalue weighted by Crippen LogP contribution is -2.48. The van der Waals surface area contributed by atoms with Gasteiger partial charge in [0.15, 0.2) is 6.04 Å². The first-order chi connectivity index (χ1) is 18.7. The summed E-state index contributed by atoms with van der Waals surface area (Å²) in [6, 6.07) is 19.5. The smallest absolute Gasteiger partial charge is 0.251 e. The van der Waals surface area contributed by atoms with Gasteiger partial charge in [-0.3, -0.25) is 19.5 Å². The van der Waals surface area contributed by atoms with E-state index in [1.54, 1.807) is 23.0 Å². The number of nitrogens with one attached hydrogen (secondary N) is 1. The summed E-state index contributed by atoms with van der Waals surface area (Å²) in [6.07, 6.45) is 8.32. The van der Waals surface area contributed by atoms with Crippen molar-refractivity contribution in [2.24, 2.45) is 0 Å². The number of para-hydroxylation sites is 2. The molecule has 0 saturated heterocycles. The molecule has 38 heavy (non-hydrogen) atoms. The molecule has 3 aromatic heterocycles. The van der Waals surface area contributed by atoms with E-state index in [1.165, 1.54) is 17.6 Å². The average molecular weight is 509 g/mol. The highest BCUT2D eigenvalue weighted by Crippen LogP contribution is 2.31. The third kappa shape index (κ3) is 4.74. The summed E-state index contributed by atoms with van der Waals surface area (Å²) in [7, 11) is 0. The van der Waals surface area contributed by atoms with Crippen LogP contribution in [0.2, 0.25) is 0 Å². The maximum atomic E-state index is 14.1. The number of hydrogen-bond acceptors (Lipinski definition) is 6. The molecule has 0 aliphatic heterocycles. The highest BCUT2D eigenvalue weighted by atomic mass is 16.3. The SMILES string of the molecule is O=C(NC1CCCCC1)[C@H](c1ccco1)N(C(=O)Cn1nnc2ccccc21)c1cnc2ccccc2c1. The lowest BCUT2D eigenvalue weighted by Gasteiger charge is -2.32. The van der Waals surface area contributed by atoms with Gasteiger partial charge in [0.2, 0.25) is 5.91 Å². The van der Waals surface area contributed by atoms with Crippen molar-refractivity contribution in [1.82, 2.24) is 25.3 Å². The van der Waals surface area contributed by atoms with Crippen LogP contribution in [0.3, 0.4) is 0 Å². The van der Waals surface area contributed by atoms with Gasteiger partial charge in [-0.2, -0.15) is 0 Å². The molecule has 9 nitrogen and oxygen atoms in total. The fourth-order valence-electron chi connectivity index (χ4n) is 5.21. The molecule has 3 heterocycles. The first kappa shape index (κ1) is 23.8. The summed E-state index contributed by atoms with van der Waals surface area (Å²) in [5, 5.41) is 12.4. The van der Waals surface area contributed by atoms with Crippen molar-refractivity contribution < 1.29 is 14.0 Å². The zero-order chi connectivity index (χ0) is 25.9. The quantitative estimate of drug-likeness (QED) is 0.339. The van der Waals surface area contributed by atoms with Crippen molar-refractivity contribution in [3.63, 3.8) is 0 Å². The molecule has 1 saturated carbocycles. The summed E-state index contributed by atoms with van der Waals surface area (Å²) in [5.41, 5.74) is 2.72. The summed E-state index contributed by atoms with van der Waals surface area (Å²) >= 11 is 0. The van der Waals surface area contributed by atoms with Gasteiger partial charge in [-0.25, -0.2) is 4.68 Å². The minimum atomic E-state index is -1.02. The Balaban J connectivity index is 1.42. The number of amides is 2. The lowest BCUT2D eigenvalue weighted by atomic mass is 9.95. The van der Waals surface area contributed by atoms with Crippen LogP contribution in [0, 0.1) is 0 Å². The van der Waals surface area contributed by atoms with Crippen LogP contribution in [0.5, 0.6) is 0 Å². The standard InChI is InChI=1S/C29H28N6O3/c36-27(19-34-25-14-7-6-13-24(25)32-33-34)35(22-17-20-9-4-5-12-23(20)30-18-22)28(26-15-8-16-38-26)29(37)31-21-10-2-1-3-11-21/h4-9,12-18,21,28H,1-3,10-11,19H2,(H,31,37)/t28-/m0/s1. The zero-order valence-electron chi connectivity index (χ0n) is 20.9. The maximum absolute atomic E-state index is 14.1. The molecule has 0 bridgehead atoms. The van der Waals surface area contributed by atoms with Crippen molar-refractivity contribution in [1.29, 1.82) is 0 Å². The fraction of sp³-hybridized carbons (Fsp3) is 0.276. The van der Waals surface area contributed by atoms with Gasteiger partial charge in [-0.1, -0.05) is 54.8 Å². The monoisotopic (exact) mass is 508 g/mol. The van der Waals surface area contributed by atoms with Gasteiger partial charge >= 0.3 is 0 Å². The number of pyridine rings is 1. The molecule has 0 radical (unpaired) electrons. The molecule has 192 valence electrons. The van der Waals surface area contributed by atoms with E-state index in [4.69, 9.17) is 4.42 Å². The number of benzene rings is 2. The van der Waals surface area contributed by atoms with Gasteiger partial charge in [0.25, 0.3) is 5.91 Å². The topological polar surface area (TPSA) is 106 Å². The Hall–Kier alpha value is -4.53. The number of carbonyl (C=O) groups is 2. The number of nitrogens with zero attached hydrogens (tertiary/aromatic N) is 5. The summed E-state index contributed by atoms with van der Waals surface area (Å²) < 4.78 is 7.29. The molecule has 9 heteroatoms. The third-order valence-electron chi connectivity index (χ3n) is 7.10. The molecule has 6 rings (SSSR count). The summed E-state index contributed by atoms with van der Waals surface area (Å²) in [4.78, 5) is 34.1. The molecule has 2 amide bonds. The molecule has 5 aromatic rings. The van der Waals surface area contributed by atoms with Gasteiger partial charge in [0.1, 0.15) is 17.8 Å². The van der Waals surface area contributed by atoms with Crippen molar-refractivity contribution in [3.8, 4) is 0 Å². The van der Waals surface area contributed by atoms with Gasteiger partial charge in [0, 0.05) is 11.4 Å². The second-order valence-corrected chi connectivity index (χ2v) is 9.65. The third-order valence-corrected chi connectivity index (χ3v) is 7.10. The van der Waals surface area contributed by atoms with E-state index in [-0.39, 0.29) is 24.4 Å². The fourth-order valence-corrected chi connectivity index (χ4v) is 5.21. The average Bonchev–Trinajstić information content (AvgIpc) is 3.62. The van der Waals surface area contributed by atoms with E-state index in [2.05, 4.69) is 20.6 Å². The minimum Gasteiger partial charge on any atom is -0.467 e. The molecule has 1 aliphatic carbocycles. The number of anilines is 1. The number of hydrogen-bond donors (Lipinski definition) is 1. The molecule has 2 aromatic carbocycles. The molecule has 1 fully saturated rings. The van der Waals surface area contributed by atoms with Crippen LogP contribution >= 0.6 is 0 Å². The number of furan rings is 1. The molecule has 1 atom stereocenters. The molecular formula is C29H28N6O3. The molecule has 1 N–H and O–H groups in total. The Labute approximate surface area is 219 Å². The summed E-state index contributed by atoms with van der Waals surface area (Å²) in [5.74, 6) is -0.238. The van der Waals surface area contributed by atoms with E-state index in [1.807, 2.05) is 54.6 Å². The summed E-state index contributed by atoms with van der Waals surface area (Å²) in [6.45, 7) is -0.110. The Morgan fingerprint density at radius 2 is 1.79 bits per heavy atom. The van der Waals surface area contributed by atoms with Crippen LogP contribution in [0.15, 0.2) is 83.6 Å². The zero-order valence-corrected chi connectivity index (χ0v) is 20.9. The van der Waals surface area contributed by atoms with E-state index in [0.29, 0.717) is 17.0 Å². The van der Waals surface area contributed by atoms with Crippen LogP contribution in [0.25, 0.3) is 21.9 Å². The predicted molar refractivity (Wildman–Crippen MR) is 143 cm³/mol. The molecule has 0 unspecified atom stereocenters. The number of fused-ring (bicyclic) bond motifs is 2. The highest BCUT2D eigenvalue weighted by molar-refractivity contribution is 6.02. The first-order valence-corrected chi connectivity index (χ1v) is 13.0. The number of carbonyl (C=O) groups excluding carboxylic acids is 2. The van der Waals surface area contributed by atoms with Gasteiger partial charge in [-0.15, -0.1) is 5.10 Å². The van der Waals surface area contributed by atoms with Crippen molar-refractivity contribution in [3.05, 3.63) is 85.0 Å². The van der Waals surface area contributed by atoms with Crippen LogP contribution < -0.4 is 10.2 Å². The highest BCUT2D eigenvalue weighted by Gasteiger charge is 2.36. The van der Waals surface area contributed by atoms with Crippen LogP contribution in [0.4, 0.5) is 5.69 Å². The van der Waals surface area contributed by atoms with E-state index in [0.717, 1.165) is 42.1 Å². The molecular weight excluding hydrogens is 480 g/mol. The van der Waals surface area contributed by atoms with Crippen molar-refractivity contribution >= 4 is 39.4 Å². The molecule has 1 aliphatic rings. The Morgan fingerprint density at radius 1 is 1.00 bits per heavy atom. The van der Waals surface area contributed by atoms with Gasteiger partial charge in [-0.05, 0) is 49.2 Å². The largest absolute Gasteiger partial charge is 0.467 e. The Bertz CT molecular complexity index is 1570.